The van der Waals surface area contributed by atoms with E-state index in [9.17, 15) is 0 Å². The van der Waals surface area contributed by atoms with Gasteiger partial charge in [0.15, 0.2) is 0 Å². The van der Waals surface area contributed by atoms with E-state index >= 15 is 0 Å². The first kappa shape index (κ1) is 12.6. The third-order valence-electron chi connectivity index (χ3n) is 2.88. The predicted octanol–water partition coefficient (Wildman–Crippen LogP) is 2.20. The zero-order chi connectivity index (χ0) is 12.8. The third-order valence-corrected chi connectivity index (χ3v) is 2.88. The van der Waals surface area contributed by atoms with Gasteiger partial charge in [-0.15, -0.1) is 0 Å². The Morgan fingerprint density at radius 2 is 1.83 bits per heavy atom. The van der Waals surface area contributed by atoms with Gasteiger partial charge in [0, 0.05) is 18.4 Å². The highest BCUT2D eigenvalue weighted by Crippen LogP contribution is 2.13. The highest BCUT2D eigenvalue weighted by Gasteiger charge is 2.05. The number of nitrogens with zero attached hydrogens (tertiary/aromatic N) is 1. The average Bonchev–Trinajstić information content (AvgIpc) is 2.40. The van der Waals surface area contributed by atoms with Crippen LogP contribution in [-0.4, -0.2) is 18.1 Å². The third kappa shape index (κ3) is 3.57. The van der Waals surface area contributed by atoms with Crippen LogP contribution < -0.4 is 10.5 Å². The lowest BCUT2D eigenvalue weighted by Gasteiger charge is -2.11. The van der Waals surface area contributed by atoms with Crippen molar-refractivity contribution in [3.63, 3.8) is 0 Å². The van der Waals surface area contributed by atoms with Crippen molar-refractivity contribution >= 4 is 0 Å². The molecule has 0 fully saturated rings. The van der Waals surface area contributed by atoms with Gasteiger partial charge in [-0.1, -0.05) is 18.2 Å². The molecular formula is C15H18N2O. The Morgan fingerprint density at radius 1 is 1.11 bits per heavy atom. The van der Waals surface area contributed by atoms with E-state index in [4.69, 9.17) is 10.5 Å². The van der Waals surface area contributed by atoms with Gasteiger partial charge in [-0.05, 0) is 42.2 Å². The van der Waals surface area contributed by atoms with Gasteiger partial charge in [0.1, 0.15) is 5.75 Å². The molecule has 1 aromatic heterocycles. The molecule has 18 heavy (non-hydrogen) atoms. The number of hydrogen-bond acceptors (Lipinski definition) is 3. The van der Waals surface area contributed by atoms with Crippen molar-refractivity contribution < 1.29 is 4.74 Å². The van der Waals surface area contributed by atoms with E-state index in [1.54, 1.807) is 13.3 Å². The van der Waals surface area contributed by atoms with Crippen LogP contribution in [-0.2, 0) is 12.8 Å². The number of methoxy groups -OCH3 is 1. The van der Waals surface area contributed by atoms with Crippen LogP contribution >= 0.6 is 0 Å². The molecule has 0 aliphatic rings. The van der Waals surface area contributed by atoms with Crippen LogP contribution in [0.15, 0.2) is 48.8 Å². The Balaban J connectivity index is 1.92. The summed E-state index contributed by atoms with van der Waals surface area (Å²) in [4.78, 5) is 4.10. The van der Waals surface area contributed by atoms with Gasteiger partial charge in [-0.2, -0.15) is 0 Å². The fourth-order valence-corrected chi connectivity index (χ4v) is 1.96. The van der Waals surface area contributed by atoms with E-state index in [1.165, 1.54) is 11.1 Å². The maximum absolute atomic E-state index is 6.15. The van der Waals surface area contributed by atoms with Gasteiger partial charge in [-0.3, -0.25) is 4.98 Å². The van der Waals surface area contributed by atoms with Crippen LogP contribution in [0.1, 0.15) is 11.1 Å². The molecule has 0 spiro atoms. The highest BCUT2D eigenvalue weighted by atomic mass is 16.5. The number of ether oxygens (including phenoxy) is 1. The van der Waals surface area contributed by atoms with Crippen LogP contribution in [0.5, 0.6) is 5.75 Å². The molecule has 0 amide bonds. The number of aromatic nitrogens is 1. The van der Waals surface area contributed by atoms with E-state index in [2.05, 4.69) is 23.2 Å². The number of hydrogen-bond donors (Lipinski definition) is 1. The molecule has 0 bridgehead atoms. The predicted molar refractivity (Wildman–Crippen MR) is 72.6 cm³/mol. The van der Waals surface area contributed by atoms with Gasteiger partial charge < -0.3 is 10.5 Å². The summed E-state index contributed by atoms with van der Waals surface area (Å²) in [6.45, 7) is 0. The van der Waals surface area contributed by atoms with Gasteiger partial charge >= 0.3 is 0 Å². The van der Waals surface area contributed by atoms with Crippen LogP contribution in [0.25, 0.3) is 0 Å². The number of pyridine rings is 1. The minimum absolute atomic E-state index is 0.114. The van der Waals surface area contributed by atoms with Crippen molar-refractivity contribution in [3.05, 3.63) is 59.9 Å². The Kier molecular flexibility index (Phi) is 4.31. The first-order valence-corrected chi connectivity index (χ1v) is 6.05. The lowest BCUT2D eigenvalue weighted by molar-refractivity contribution is 0.414. The van der Waals surface area contributed by atoms with Crippen molar-refractivity contribution in [2.24, 2.45) is 5.73 Å². The number of benzene rings is 1. The fourth-order valence-electron chi connectivity index (χ4n) is 1.96. The molecule has 2 rings (SSSR count). The molecule has 3 nitrogen and oxygen atoms in total. The lowest BCUT2D eigenvalue weighted by Crippen LogP contribution is -2.25. The Morgan fingerprint density at radius 3 is 2.44 bits per heavy atom. The Hall–Kier alpha value is -1.87. The van der Waals surface area contributed by atoms with Crippen LogP contribution in [0, 0.1) is 0 Å². The normalized spacial score (nSPS) is 12.1. The van der Waals surface area contributed by atoms with Gasteiger partial charge in [0.05, 0.1) is 7.11 Å². The van der Waals surface area contributed by atoms with Crippen LogP contribution in [0.4, 0.5) is 0 Å². The summed E-state index contributed by atoms with van der Waals surface area (Å²) < 4.78 is 5.13. The molecule has 1 atom stereocenters. The molecule has 1 unspecified atom stereocenters. The SMILES string of the molecule is COc1ccc(CC(N)Cc2cccnc2)cc1. The van der Waals surface area contributed by atoms with E-state index < -0.39 is 0 Å². The molecule has 2 aromatic rings. The molecule has 3 heteroatoms. The molecule has 0 saturated carbocycles. The van der Waals surface area contributed by atoms with E-state index in [-0.39, 0.29) is 6.04 Å². The first-order chi connectivity index (χ1) is 8.78. The van der Waals surface area contributed by atoms with E-state index in [0.29, 0.717) is 0 Å². The Labute approximate surface area is 108 Å². The molecule has 94 valence electrons. The minimum atomic E-state index is 0.114. The second kappa shape index (κ2) is 6.17. The topological polar surface area (TPSA) is 48.1 Å². The van der Waals surface area contributed by atoms with Crippen LogP contribution in [0.2, 0.25) is 0 Å². The second-order valence-corrected chi connectivity index (χ2v) is 4.38. The molecule has 0 aliphatic heterocycles. The quantitative estimate of drug-likeness (QED) is 0.874. The summed E-state index contributed by atoms with van der Waals surface area (Å²) in [5, 5.41) is 0. The summed E-state index contributed by atoms with van der Waals surface area (Å²) in [5.74, 6) is 0.875. The zero-order valence-corrected chi connectivity index (χ0v) is 10.5. The second-order valence-electron chi connectivity index (χ2n) is 4.38. The Bertz CT molecular complexity index is 468. The fraction of sp³-hybridized carbons (Fsp3) is 0.267. The van der Waals surface area contributed by atoms with Crippen molar-refractivity contribution in [2.45, 2.75) is 18.9 Å². The van der Waals surface area contributed by atoms with Gasteiger partial charge in [-0.25, -0.2) is 0 Å². The van der Waals surface area contributed by atoms with Crippen molar-refractivity contribution in [1.82, 2.24) is 4.98 Å². The molecule has 2 N–H and O–H groups in total. The van der Waals surface area contributed by atoms with Crippen molar-refractivity contribution in [2.75, 3.05) is 7.11 Å². The summed E-state index contributed by atoms with van der Waals surface area (Å²) in [7, 11) is 1.67. The maximum Gasteiger partial charge on any atom is 0.118 e. The van der Waals surface area contributed by atoms with Crippen molar-refractivity contribution in [1.29, 1.82) is 0 Å². The highest BCUT2D eigenvalue weighted by molar-refractivity contribution is 5.27. The standard InChI is InChI=1S/C15H18N2O/c1-18-15-6-4-12(5-7-15)9-14(16)10-13-3-2-8-17-11-13/h2-8,11,14H,9-10,16H2,1H3. The largest absolute Gasteiger partial charge is 0.497 e. The molecule has 0 aliphatic carbocycles. The summed E-state index contributed by atoms with van der Waals surface area (Å²) in [6.07, 6.45) is 5.35. The molecule has 0 radical (unpaired) electrons. The number of rotatable bonds is 5. The molecule has 1 aromatic carbocycles. The average molecular weight is 242 g/mol. The van der Waals surface area contributed by atoms with E-state index in [1.807, 2.05) is 24.4 Å². The lowest BCUT2D eigenvalue weighted by atomic mass is 10.0. The first-order valence-electron chi connectivity index (χ1n) is 6.05. The zero-order valence-electron chi connectivity index (χ0n) is 10.5. The minimum Gasteiger partial charge on any atom is -0.497 e. The molecule has 1 heterocycles. The van der Waals surface area contributed by atoms with Crippen LogP contribution in [0.3, 0.4) is 0 Å². The molecule has 0 saturated heterocycles. The summed E-state index contributed by atoms with van der Waals surface area (Å²) in [5.41, 5.74) is 8.56. The monoisotopic (exact) mass is 242 g/mol. The smallest absolute Gasteiger partial charge is 0.118 e. The van der Waals surface area contributed by atoms with E-state index in [0.717, 1.165) is 18.6 Å². The summed E-state index contributed by atoms with van der Waals surface area (Å²) >= 11 is 0. The maximum atomic E-state index is 6.15. The number of nitrogens with two attached hydrogens (primary N) is 1. The molecular weight excluding hydrogens is 224 g/mol. The summed E-state index contributed by atoms with van der Waals surface area (Å²) in [6, 6.07) is 12.2. The van der Waals surface area contributed by atoms with Gasteiger partial charge in [0.2, 0.25) is 0 Å². The van der Waals surface area contributed by atoms with Gasteiger partial charge in [0.25, 0.3) is 0 Å². The van der Waals surface area contributed by atoms with Crippen molar-refractivity contribution in [3.8, 4) is 5.75 Å².